The van der Waals surface area contributed by atoms with Crippen LogP contribution in [0.2, 0.25) is 0 Å². The smallest absolute Gasteiger partial charge is 0.288 e. The first-order chi connectivity index (χ1) is 9.11. The number of ether oxygens (including phenoxy) is 2. The van der Waals surface area contributed by atoms with Crippen LogP contribution in [0.15, 0.2) is 17.4 Å². The summed E-state index contributed by atoms with van der Waals surface area (Å²) >= 11 is 0. The third-order valence-corrected chi connectivity index (χ3v) is 2.60. The molecule has 0 bridgehead atoms. The molecule has 102 valence electrons. The predicted molar refractivity (Wildman–Crippen MR) is 63.3 cm³/mol. The van der Waals surface area contributed by atoms with Crippen molar-refractivity contribution in [3.8, 4) is 5.88 Å². The van der Waals surface area contributed by atoms with Gasteiger partial charge in [0.25, 0.3) is 5.69 Å². The first kappa shape index (κ1) is 13.0. The summed E-state index contributed by atoms with van der Waals surface area (Å²) in [6.45, 7) is 0.991. The first-order valence-electron chi connectivity index (χ1n) is 5.48. The monoisotopic (exact) mass is 268 g/mol. The average molecular weight is 268 g/mol. The molecule has 0 spiro atoms. The maximum atomic E-state index is 10.7. The fourth-order valence-corrected chi connectivity index (χ4v) is 1.64. The van der Waals surface area contributed by atoms with Crippen LogP contribution in [0.25, 0.3) is 0 Å². The van der Waals surface area contributed by atoms with E-state index in [1.807, 2.05) is 0 Å². The van der Waals surface area contributed by atoms with E-state index in [1.165, 1.54) is 0 Å². The van der Waals surface area contributed by atoms with Gasteiger partial charge in [0.15, 0.2) is 5.84 Å². The van der Waals surface area contributed by atoms with Crippen molar-refractivity contribution in [3.05, 3.63) is 27.9 Å². The maximum absolute atomic E-state index is 10.7. The van der Waals surface area contributed by atoms with Gasteiger partial charge < -0.3 is 20.4 Å². The van der Waals surface area contributed by atoms with Gasteiger partial charge in [-0.25, -0.2) is 4.98 Å². The van der Waals surface area contributed by atoms with E-state index in [0.29, 0.717) is 19.6 Å². The van der Waals surface area contributed by atoms with Crippen LogP contribution in [0.1, 0.15) is 12.0 Å². The van der Waals surface area contributed by atoms with Crippen molar-refractivity contribution in [1.82, 2.24) is 4.98 Å². The molecule has 1 aliphatic rings. The second-order valence-electron chi connectivity index (χ2n) is 3.89. The Morgan fingerprint density at radius 1 is 1.74 bits per heavy atom. The van der Waals surface area contributed by atoms with Crippen LogP contribution < -0.4 is 10.5 Å². The molecule has 2 rings (SSSR count). The average Bonchev–Trinajstić information content (AvgIpc) is 2.91. The third kappa shape index (κ3) is 2.88. The number of oxime groups is 1. The van der Waals surface area contributed by atoms with Crippen molar-refractivity contribution < 1.29 is 19.6 Å². The standard InChI is InChI=1S/C10H12N4O5/c11-9(13-15)8-3-6(14(16)17)4-12-10(8)19-7-1-2-18-5-7/h3-4,7,15H,1-2,5H2,(H2,11,13). The van der Waals surface area contributed by atoms with Crippen LogP contribution in [-0.2, 0) is 4.74 Å². The number of hydrogen-bond acceptors (Lipinski definition) is 7. The predicted octanol–water partition coefficient (Wildman–Crippen LogP) is 0.252. The van der Waals surface area contributed by atoms with Gasteiger partial charge >= 0.3 is 0 Å². The summed E-state index contributed by atoms with van der Waals surface area (Å²) in [7, 11) is 0. The Balaban J connectivity index is 2.32. The van der Waals surface area contributed by atoms with Crippen LogP contribution in [0.5, 0.6) is 5.88 Å². The lowest BCUT2D eigenvalue weighted by Crippen LogP contribution is -2.21. The Kier molecular flexibility index (Phi) is 3.76. The van der Waals surface area contributed by atoms with Crippen LogP contribution in [0, 0.1) is 10.1 Å². The van der Waals surface area contributed by atoms with Crippen molar-refractivity contribution in [2.24, 2.45) is 10.9 Å². The summed E-state index contributed by atoms with van der Waals surface area (Å²) in [5.41, 5.74) is 5.27. The van der Waals surface area contributed by atoms with Gasteiger partial charge in [0, 0.05) is 12.5 Å². The molecule has 0 aliphatic carbocycles. The van der Waals surface area contributed by atoms with Crippen LogP contribution in [0.3, 0.4) is 0 Å². The molecule has 1 saturated heterocycles. The summed E-state index contributed by atoms with van der Waals surface area (Å²) in [5, 5.41) is 22.2. The third-order valence-electron chi connectivity index (χ3n) is 2.60. The second kappa shape index (κ2) is 5.48. The molecule has 1 aromatic heterocycles. The SMILES string of the molecule is NC(=NO)c1cc([N+](=O)[O-])cnc1OC1CCOC1. The molecule has 1 atom stereocenters. The minimum Gasteiger partial charge on any atom is -0.471 e. The lowest BCUT2D eigenvalue weighted by atomic mass is 10.2. The molecular formula is C10H12N4O5. The minimum atomic E-state index is -0.621. The maximum Gasteiger partial charge on any atom is 0.288 e. The van der Waals surface area contributed by atoms with Crippen molar-refractivity contribution >= 4 is 11.5 Å². The fourth-order valence-electron chi connectivity index (χ4n) is 1.64. The van der Waals surface area contributed by atoms with Crippen LogP contribution in [-0.4, -0.2) is 40.3 Å². The van der Waals surface area contributed by atoms with Crippen molar-refractivity contribution in [3.63, 3.8) is 0 Å². The number of aromatic nitrogens is 1. The first-order valence-corrected chi connectivity index (χ1v) is 5.48. The van der Waals surface area contributed by atoms with Crippen LogP contribution in [0.4, 0.5) is 5.69 Å². The highest BCUT2D eigenvalue weighted by atomic mass is 16.6. The fraction of sp³-hybridized carbons (Fsp3) is 0.400. The zero-order valence-corrected chi connectivity index (χ0v) is 9.85. The quantitative estimate of drug-likeness (QED) is 0.263. The highest BCUT2D eigenvalue weighted by Crippen LogP contribution is 2.23. The number of hydrogen-bond donors (Lipinski definition) is 2. The Hall–Kier alpha value is -2.42. The lowest BCUT2D eigenvalue weighted by Gasteiger charge is -2.13. The van der Waals surface area contributed by atoms with E-state index in [4.69, 9.17) is 20.4 Å². The highest BCUT2D eigenvalue weighted by molar-refractivity contribution is 5.99. The van der Waals surface area contributed by atoms with Gasteiger partial charge in [-0.15, -0.1) is 0 Å². The van der Waals surface area contributed by atoms with Gasteiger partial charge in [-0.1, -0.05) is 5.16 Å². The summed E-state index contributed by atoms with van der Waals surface area (Å²) in [5.74, 6) is -0.221. The normalized spacial score (nSPS) is 19.4. The molecule has 0 radical (unpaired) electrons. The van der Waals surface area contributed by atoms with E-state index in [9.17, 15) is 10.1 Å². The van der Waals surface area contributed by atoms with Gasteiger partial charge in [-0.2, -0.15) is 0 Å². The molecule has 1 aromatic rings. The summed E-state index contributed by atoms with van der Waals surface area (Å²) in [6.07, 6.45) is 1.55. The zero-order chi connectivity index (χ0) is 13.8. The van der Waals surface area contributed by atoms with E-state index in [0.717, 1.165) is 12.3 Å². The van der Waals surface area contributed by atoms with Gasteiger partial charge in [0.1, 0.15) is 12.3 Å². The zero-order valence-electron chi connectivity index (χ0n) is 9.85. The van der Waals surface area contributed by atoms with Gasteiger partial charge in [-0.3, -0.25) is 10.1 Å². The Morgan fingerprint density at radius 3 is 3.11 bits per heavy atom. The topological polar surface area (TPSA) is 133 Å². The van der Waals surface area contributed by atoms with Crippen molar-refractivity contribution in [2.75, 3.05) is 13.2 Å². The molecule has 1 fully saturated rings. The lowest BCUT2D eigenvalue weighted by molar-refractivity contribution is -0.385. The Morgan fingerprint density at radius 2 is 2.53 bits per heavy atom. The molecule has 9 heteroatoms. The van der Waals surface area contributed by atoms with E-state index < -0.39 is 4.92 Å². The van der Waals surface area contributed by atoms with Crippen molar-refractivity contribution in [1.29, 1.82) is 0 Å². The highest BCUT2D eigenvalue weighted by Gasteiger charge is 2.22. The molecule has 1 unspecified atom stereocenters. The molecule has 3 N–H and O–H groups in total. The van der Waals surface area contributed by atoms with Gasteiger partial charge in [-0.05, 0) is 0 Å². The number of rotatable bonds is 4. The van der Waals surface area contributed by atoms with E-state index in [-0.39, 0.29) is 29.1 Å². The molecule has 1 aliphatic heterocycles. The number of nitro groups is 1. The minimum absolute atomic E-state index is 0.0728. The number of pyridine rings is 1. The van der Waals surface area contributed by atoms with Gasteiger partial charge in [0.2, 0.25) is 5.88 Å². The largest absolute Gasteiger partial charge is 0.471 e. The second-order valence-corrected chi connectivity index (χ2v) is 3.89. The number of nitrogens with zero attached hydrogens (tertiary/aromatic N) is 3. The number of amidine groups is 1. The molecule has 0 aromatic carbocycles. The number of nitrogens with two attached hydrogens (primary N) is 1. The molecule has 2 heterocycles. The molecular weight excluding hydrogens is 256 g/mol. The van der Waals surface area contributed by atoms with E-state index in [2.05, 4.69) is 10.1 Å². The molecule has 9 nitrogen and oxygen atoms in total. The Labute approximate surface area is 107 Å². The van der Waals surface area contributed by atoms with E-state index >= 15 is 0 Å². The Bertz CT molecular complexity index is 513. The summed E-state index contributed by atoms with van der Waals surface area (Å²) in [6, 6.07) is 1.15. The van der Waals surface area contributed by atoms with Crippen molar-refractivity contribution in [2.45, 2.75) is 12.5 Å². The van der Waals surface area contributed by atoms with Gasteiger partial charge in [0.05, 0.1) is 23.7 Å². The summed E-state index contributed by atoms with van der Waals surface area (Å²) < 4.78 is 10.7. The van der Waals surface area contributed by atoms with E-state index in [1.54, 1.807) is 0 Å². The molecule has 0 saturated carbocycles. The van der Waals surface area contributed by atoms with Crippen LogP contribution >= 0.6 is 0 Å². The summed E-state index contributed by atoms with van der Waals surface area (Å²) in [4.78, 5) is 13.9. The molecule has 19 heavy (non-hydrogen) atoms. The molecule has 0 amide bonds.